The van der Waals surface area contributed by atoms with Gasteiger partial charge in [-0.05, 0) is 18.2 Å². The van der Waals surface area contributed by atoms with Crippen molar-refractivity contribution in [2.24, 2.45) is 0 Å². The van der Waals surface area contributed by atoms with Crippen LogP contribution in [0.3, 0.4) is 0 Å². The van der Waals surface area contributed by atoms with Gasteiger partial charge in [0, 0.05) is 11.3 Å². The van der Waals surface area contributed by atoms with Crippen LogP contribution in [0.2, 0.25) is 0 Å². The number of methoxy groups -OCH3 is 1. The third-order valence-corrected chi connectivity index (χ3v) is 4.10. The Morgan fingerprint density at radius 1 is 1.14 bits per heavy atom. The zero-order chi connectivity index (χ0) is 20.5. The van der Waals surface area contributed by atoms with Gasteiger partial charge in [-0.25, -0.2) is 0 Å². The van der Waals surface area contributed by atoms with Crippen molar-refractivity contribution < 1.29 is 36.2 Å². The Morgan fingerprint density at radius 2 is 1.86 bits per heavy atom. The molecule has 1 heterocycles. The normalized spacial score (nSPS) is 16.6. The molecule has 0 spiro atoms. The number of para-hydroxylation sites is 2. The molecule has 2 aromatic carbocycles. The third kappa shape index (κ3) is 3.95. The van der Waals surface area contributed by atoms with E-state index in [9.17, 15) is 26.7 Å². The van der Waals surface area contributed by atoms with Crippen molar-refractivity contribution in [2.75, 3.05) is 19.0 Å². The van der Waals surface area contributed by atoms with E-state index in [1.807, 2.05) is 0 Å². The lowest BCUT2D eigenvalue weighted by Crippen LogP contribution is -2.47. The molecule has 0 fully saturated rings. The third-order valence-electron chi connectivity index (χ3n) is 4.10. The van der Waals surface area contributed by atoms with Crippen molar-refractivity contribution in [3.63, 3.8) is 0 Å². The van der Waals surface area contributed by atoms with Crippen LogP contribution in [-0.4, -0.2) is 37.2 Å². The summed E-state index contributed by atoms with van der Waals surface area (Å²) in [5, 5.41) is 2.81. The molecular weight excluding hydrogens is 387 g/mol. The van der Waals surface area contributed by atoms with E-state index in [-0.39, 0.29) is 22.6 Å². The number of nitrogens with zero attached hydrogens (tertiary/aromatic N) is 1. The van der Waals surface area contributed by atoms with Crippen LogP contribution in [0.25, 0.3) is 0 Å². The highest BCUT2D eigenvalue weighted by Crippen LogP contribution is 2.42. The number of rotatable bonds is 5. The maximum absolute atomic E-state index is 13.1. The van der Waals surface area contributed by atoms with Crippen molar-refractivity contribution in [3.8, 4) is 11.5 Å². The Bertz CT molecular complexity index is 873. The van der Waals surface area contributed by atoms with Gasteiger partial charge in [0.2, 0.25) is 0 Å². The van der Waals surface area contributed by atoms with Gasteiger partial charge in [0.1, 0.15) is 12.7 Å². The van der Waals surface area contributed by atoms with Gasteiger partial charge in [0.15, 0.2) is 11.5 Å². The summed E-state index contributed by atoms with van der Waals surface area (Å²) in [4.78, 5) is 13.3. The number of anilines is 1. The van der Waals surface area contributed by atoms with Crippen LogP contribution in [-0.2, 0) is 0 Å². The van der Waals surface area contributed by atoms with Crippen molar-refractivity contribution in [1.82, 2.24) is 4.90 Å². The first-order valence-electron chi connectivity index (χ1n) is 8.06. The molecule has 0 radical (unpaired) electrons. The number of benzene rings is 2. The molecule has 1 amide bonds. The minimum Gasteiger partial charge on any atom is -0.493 e. The van der Waals surface area contributed by atoms with Crippen molar-refractivity contribution in [1.29, 1.82) is 0 Å². The van der Waals surface area contributed by atoms with E-state index in [0.29, 0.717) is 4.90 Å². The lowest BCUT2D eigenvalue weighted by Gasteiger charge is -2.39. The molecule has 1 aliphatic heterocycles. The SMILES string of the molecule is COc1cccc(C2Nc3ccccc3C(=O)N2CC(F)(F)F)c1OC(F)F. The molecule has 1 unspecified atom stereocenters. The lowest BCUT2D eigenvalue weighted by molar-refractivity contribution is -0.144. The van der Waals surface area contributed by atoms with Crippen LogP contribution in [0, 0.1) is 0 Å². The van der Waals surface area contributed by atoms with Gasteiger partial charge in [-0.3, -0.25) is 4.79 Å². The van der Waals surface area contributed by atoms with E-state index in [0.717, 1.165) is 0 Å². The van der Waals surface area contributed by atoms with Crippen LogP contribution in [0.5, 0.6) is 11.5 Å². The van der Waals surface area contributed by atoms with Crippen LogP contribution in [0.1, 0.15) is 22.1 Å². The number of nitrogens with one attached hydrogen (secondary N) is 1. The predicted molar refractivity (Wildman–Crippen MR) is 89.5 cm³/mol. The standard InChI is InChI=1S/C18H15F5N2O3/c1-27-13-8-4-6-11(14(13)28-17(19)20)15-24-12-7-3-2-5-10(12)16(26)25(15)9-18(21,22)23/h2-8,15,17,24H,9H2,1H3. The van der Waals surface area contributed by atoms with Gasteiger partial charge in [-0.1, -0.05) is 24.3 Å². The zero-order valence-electron chi connectivity index (χ0n) is 14.5. The summed E-state index contributed by atoms with van der Waals surface area (Å²) in [5.74, 6) is -1.43. The molecule has 2 aromatic rings. The van der Waals surface area contributed by atoms with E-state index in [1.165, 1.54) is 43.5 Å². The number of halogens is 5. The average Bonchev–Trinajstić information content (AvgIpc) is 2.63. The summed E-state index contributed by atoms with van der Waals surface area (Å²) in [6.45, 7) is -4.82. The molecule has 1 aliphatic rings. The second kappa shape index (κ2) is 7.53. The molecular formula is C18H15F5N2O3. The molecule has 5 nitrogen and oxygen atoms in total. The molecule has 0 aliphatic carbocycles. The highest BCUT2D eigenvalue weighted by Gasteiger charge is 2.42. The minimum absolute atomic E-state index is 0.0437. The van der Waals surface area contributed by atoms with E-state index >= 15 is 0 Å². The second-order valence-corrected chi connectivity index (χ2v) is 5.90. The van der Waals surface area contributed by atoms with Crippen LogP contribution >= 0.6 is 0 Å². The number of carbonyl (C=O) groups is 1. The van der Waals surface area contributed by atoms with E-state index in [4.69, 9.17) is 4.74 Å². The lowest BCUT2D eigenvalue weighted by atomic mass is 10.0. The first kappa shape index (κ1) is 19.7. The van der Waals surface area contributed by atoms with Gasteiger partial charge in [-0.15, -0.1) is 0 Å². The number of hydrogen-bond donors (Lipinski definition) is 1. The molecule has 0 saturated carbocycles. The quantitative estimate of drug-likeness (QED) is 0.752. The fourth-order valence-electron chi connectivity index (χ4n) is 3.02. The Hall–Kier alpha value is -3.04. The number of hydrogen-bond acceptors (Lipinski definition) is 4. The Labute approximate surface area is 156 Å². The number of fused-ring (bicyclic) bond motifs is 1. The molecule has 0 bridgehead atoms. The first-order chi connectivity index (χ1) is 13.2. The summed E-state index contributed by atoms with van der Waals surface area (Å²) in [5.41, 5.74) is 0.232. The second-order valence-electron chi connectivity index (χ2n) is 5.90. The highest BCUT2D eigenvalue weighted by atomic mass is 19.4. The molecule has 28 heavy (non-hydrogen) atoms. The van der Waals surface area contributed by atoms with Crippen LogP contribution in [0.15, 0.2) is 42.5 Å². The zero-order valence-corrected chi connectivity index (χ0v) is 14.5. The van der Waals surface area contributed by atoms with Gasteiger partial charge in [0.25, 0.3) is 5.91 Å². The number of amides is 1. The fourth-order valence-corrected chi connectivity index (χ4v) is 3.02. The number of ether oxygens (including phenoxy) is 2. The van der Waals surface area contributed by atoms with Crippen molar-refractivity contribution in [3.05, 3.63) is 53.6 Å². The van der Waals surface area contributed by atoms with Crippen molar-refractivity contribution in [2.45, 2.75) is 19.0 Å². The Morgan fingerprint density at radius 3 is 2.50 bits per heavy atom. The summed E-state index contributed by atoms with van der Waals surface area (Å²) in [6, 6.07) is 10.0. The van der Waals surface area contributed by atoms with Gasteiger partial charge < -0.3 is 19.7 Å². The number of carbonyl (C=O) groups excluding carboxylic acids is 1. The topological polar surface area (TPSA) is 50.8 Å². The molecule has 0 aromatic heterocycles. The number of alkyl halides is 5. The molecule has 10 heteroatoms. The smallest absolute Gasteiger partial charge is 0.406 e. The van der Waals surface area contributed by atoms with E-state index in [1.54, 1.807) is 6.07 Å². The largest absolute Gasteiger partial charge is 0.493 e. The van der Waals surface area contributed by atoms with Crippen LogP contribution < -0.4 is 14.8 Å². The summed E-state index contributed by atoms with van der Waals surface area (Å²) in [6.07, 6.45) is -6.10. The van der Waals surface area contributed by atoms with Gasteiger partial charge in [-0.2, -0.15) is 22.0 Å². The molecule has 3 rings (SSSR count). The summed E-state index contributed by atoms with van der Waals surface area (Å²) >= 11 is 0. The molecule has 1 N–H and O–H groups in total. The average molecular weight is 402 g/mol. The Balaban J connectivity index is 2.14. The minimum atomic E-state index is -4.70. The molecule has 1 atom stereocenters. The Kier molecular flexibility index (Phi) is 5.30. The van der Waals surface area contributed by atoms with E-state index < -0.39 is 37.2 Å². The first-order valence-corrected chi connectivity index (χ1v) is 8.06. The molecule has 0 saturated heterocycles. The maximum Gasteiger partial charge on any atom is 0.406 e. The monoisotopic (exact) mass is 402 g/mol. The van der Waals surface area contributed by atoms with Gasteiger partial charge >= 0.3 is 12.8 Å². The van der Waals surface area contributed by atoms with E-state index in [2.05, 4.69) is 10.1 Å². The van der Waals surface area contributed by atoms with Gasteiger partial charge in [0.05, 0.1) is 12.7 Å². The fraction of sp³-hybridized carbons (Fsp3) is 0.278. The molecule has 150 valence electrons. The van der Waals surface area contributed by atoms with Crippen molar-refractivity contribution >= 4 is 11.6 Å². The van der Waals surface area contributed by atoms with Crippen LogP contribution in [0.4, 0.5) is 27.6 Å². The summed E-state index contributed by atoms with van der Waals surface area (Å²) < 4.78 is 74.7. The maximum atomic E-state index is 13.1. The summed E-state index contributed by atoms with van der Waals surface area (Å²) in [7, 11) is 1.21. The highest BCUT2D eigenvalue weighted by molar-refractivity contribution is 6.01. The predicted octanol–water partition coefficient (Wildman–Crippen LogP) is 4.43.